The number of nitrogens with zero attached hydrogens (tertiary/aromatic N) is 1. The van der Waals surface area contributed by atoms with Crippen LogP contribution in [0, 0.1) is 16.7 Å². The van der Waals surface area contributed by atoms with Crippen LogP contribution in [-0.2, 0) is 11.3 Å². The van der Waals surface area contributed by atoms with Gasteiger partial charge in [0, 0.05) is 11.2 Å². The fourth-order valence-corrected chi connectivity index (χ4v) is 2.99. The molecule has 0 radical (unpaired) electrons. The SMILES string of the molecule is N#CC1(C(=O)NCc2csc3ccccc23)CC1. The molecule has 1 amide bonds. The van der Waals surface area contributed by atoms with E-state index < -0.39 is 5.41 Å². The Bertz CT molecular complexity index is 649. The second kappa shape index (κ2) is 4.11. The molecule has 0 spiro atoms. The van der Waals surface area contributed by atoms with E-state index in [0.717, 1.165) is 5.56 Å². The number of hydrogen-bond donors (Lipinski definition) is 1. The van der Waals surface area contributed by atoms with E-state index >= 15 is 0 Å². The molecule has 3 nitrogen and oxygen atoms in total. The average Bonchev–Trinajstić information content (AvgIpc) is 3.11. The van der Waals surface area contributed by atoms with E-state index in [-0.39, 0.29) is 5.91 Å². The van der Waals surface area contributed by atoms with Gasteiger partial charge in [-0.25, -0.2) is 0 Å². The number of nitriles is 1. The van der Waals surface area contributed by atoms with Crippen molar-refractivity contribution in [3.8, 4) is 6.07 Å². The predicted molar refractivity (Wildman–Crippen MR) is 71.0 cm³/mol. The van der Waals surface area contributed by atoms with E-state index in [1.807, 2.05) is 12.1 Å². The molecule has 4 heteroatoms. The summed E-state index contributed by atoms with van der Waals surface area (Å²) in [5, 5.41) is 15.1. The highest BCUT2D eigenvalue weighted by atomic mass is 32.1. The number of rotatable bonds is 3. The largest absolute Gasteiger partial charge is 0.351 e. The Morgan fingerprint density at radius 3 is 2.94 bits per heavy atom. The predicted octanol–water partition coefficient (Wildman–Crippen LogP) is 2.82. The molecule has 1 N–H and O–H groups in total. The molecule has 2 aromatic rings. The van der Waals surface area contributed by atoms with Crippen LogP contribution in [0.15, 0.2) is 29.6 Å². The number of carbonyl (C=O) groups excluding carboxylic acids is 1. The highest BCUT2D eigenvalue weighted by Gasteiger charge is 2.50. The summed E-state index contributed by atoms with van der Waals surface area (Å²) in [6, 6.07) is 10.3. The van der Waals surface area contributed by atoms with Crippen LogP contribution in [0.3, 0.4) is 0 Å². The van der Waals surface area contributed by atoms with Crippen LogP contribution in [-0.4, -0.2) is 5.91 Å². The van der Waals surface area contributed by atoms with Crippen LogP contribution in [0.5, 0.6) is 0 Å². The van der Waals surface area contributed by atoms with E-state index in [0.29, 0.717) is 19.4 Å². The number of benzene rings is 1. The number of hydrogen-bond acceptors (Lipinski definition) is 3. The van der Waals surface area contributed by atoms with E-state index in [4.69, 9.17) is 5.26 Å². The molecular formula is C14H12N2OS. The molecule has 0 bridgehead atoms. The normalized spacial score (nSPS) is 16.2. The average molecular weight is 256 g/mol. The van der Waals surface area contributed by atoms with Gasteiger partial charge in [-0.15, -0.1) is 11.3 Å². The van der Waals surface area contributed by atoms with Crippen molar-refractivity contribution in [2.45, 2.75) is 19.4 Å². The Morgan fingerprint density at radius 2 is 2.22 bits per heavy atom. The van der Waals surface area contributed by atoms with Gasteiger partial charge in [0.25, 0.3) is 0 Å². The molecule has 1 fully saturated rings. The summed E-state index contributed by atoms with van der Waals surface area (Å²) in [5.74, 6) is -0.125. The van der Waals surface area contributed by atoms with Crippen LogP contribution in [0.25, 0.3) is 10.1 Å². The van der Waals surface area contributed by atoms with Crippen LogP contribution in [0.2, 0.25) is 0 Å². The topological polar surface area (TPSA) is 52.9 Å². The molecule has 1 aliphatic rings. The second-order valence-electron chi connectivity index (χ2n) is 4.63. The molecule has 90 valence electrons. The van der Waals surface area contributed by atoms with E-state index in [2.05, 4.69) is 28.9 Å². The molecule has 1 aliphatic carbocycles. The van der Waals surface area contributed by atoms with Crippen molar-refractivity contribution < 1.29 is 4.79 Å². The molecule has 1 heterocycles. The number of nitrogens with one attached hydrogen (secondary N) is 1. The zero-order chi connectivity index (χ0) is 12.6. The van der Waals surface area contributed by atoms with Crippen LogP contribution in [0.1, 0.15) is 18.4 Å². The van der Waals surface area contributed by atoms with Crippen LogP contribution < -0.4 is 5.32 Å². The molecule has 0 aliphatic heterocycles. The smallest absolute Gasteiger partial charge is 0.240 e. The Morgan fingerprint density at radius 1 is 1.44 bits per heavy atom. The Balaban J connectivity index is 1.74. The van der Waals surface area contributed by atoms with Crippen molar-refractivity contribution >= 4 is 27.3 Å². The number of fused-ring (bicyclic) bond motifs is 1. The third-order valence-electron chi connectivity index (χ3n) is 3.40. The van der Waals surface area contributed by atoms with Crippen molar-refractivity contribution in [2.75, 3.05) is 0 Å². The van der Waals surface area contributed by atoms with Crippen molar-refractivity contribution in [1.29, 1.82) is 5.26 Å². The lowest BCUT2D eigenvalue weighted by Crippen LogP contribution is -2.30. The maximum Gasteiger partial charge on any atom is 0.240 e. The first-order valence-electron chi connectivity index (χ1n) is 5.90. The summed E-state index contributed by atoms with van der Waals surface area (Å²) < 4.78 is 1.23. The van der Waals surface area contributed by atoms with Gasteiger partial charge in [-0.1, -0.05) is 18.2 Å². The first kappa shape index (κ1) is 11.2. The first-order valence-corrected chi connectivity index (χ1v) is 6.78. The summed E-state index contributed by atoms with van der Waals surface area (Å²) in [6.07, 6.45) is 1.39. The lowest BCUT2D eigenvalue weighted by molar-refractivity contribution is -0.124. The Hall–Kier alpha value is -1.86. The monoisotopic (exact) mass is 256 g/mol. The van der Waals surface area contributed by atoms with Gasteiger partial charge in [-0.3, -0.25) is 4.79 Å². The van der Waals surface area contributed by atoms with Gasteiger partial charge in [0.2, 0.25) is 5.91 Å². The molecule has 1 saturated carbocycles. The van der Waals surface area contributed by atoms with E-state index in [9.17, 15) is 4.79 Å². The minimum absolute atomic E-state index is 0.125. The minimum atomic E-state index is -0.730. The number of amides is 1. The summed E-state index contributed by atoms with van der Waals surface area (Å²) in [4.78, 5) is 11.9. The van der Waals surface area contributed by atoms with E-state index in [1.54, 1.807) is 11.3 Å². The zero-order valence-electron chi connectivity index (χ0n) is 9.77. The lowest BCUT2D eigenvalue weighted by Gasteiger charge is -2.07. The quantitative estimate of drug-likeness (QED) is 0.918. The van der Waals surface area contributed by atoms with Crippen molar-refractivity contribution in [3.63, 3.8) is 0 Å². The number of carbonyl (C=O) groups is 1. The highest BCUT2D eigenvalue weighted by molar-refractivity contribution is 7.17. The highest BCUT2D eigenvalue weighted by Crippen LogP contribution is 2.45. The van der Waals surface area contributed by atoms with Gasteiger partial charge in [0.05, 0.1) is 6.07 Å². The minimum Gasteiger partial charge on any atom is -0.351 e. The molecular weight excluding hydrogens is 244 g/mol. The summed E-state index contributed by atoms with van der Waals surface area (Å²) in [6.45, 7) is 0.506. The lowest BCUT2D eigenvalue weighted by atomic mass is 10.1. The first-order chi connectivity index (χ1) is 8.75. The van der Waals surface area contributed by atoms with Crippen LogP contribution in [0.4, 0.5) is 0 Å². The molecule has 0 atom stereocenters. The summed E-state index contributed by atoms with van der Waals surface area (Å²) >= 11 is 1.68. The maximum atomic E-state index is 11.9. The van der Waals surface area contributed by atoms with Gasteiger partial charge < -0.3 is 5.32 Å². The molecule has 0 saturated heterocycles. The second-order valence-corrected chi connectivity index (χ2v) is 5.54. The van der Waals surface area contributed by atoms with Crippen LogP contribution >= 0.6 is 11.3 Å². The van der Waals surface area contributed by atoms with Gasteiger partial charge in [0.15, 0.2) is 0 Å². The Kier molecular flexibility index (Phi) is 2.57. The Labute approximate surface area is 109 Å². The summed E-state index contributed by atoms with van der Waals surface area (Å²) in [5.41, 5.74) is 0.393. The molecule has 1 aromatic heterocycles. The summed E-state index contributed by atoms with van der Waals surface area (Å²) in [7, 11) is 0. The zero-order valence-corrected chi connectivity index (χ0v) is 10.6. The third kappa shape index (κ3) is 1.77. The molecule has 0 unspecified atom stereocenters. The molecule has 1 aromatic carbocycles. The van der Waals surface area contributed by atoms with Gasteiger partial charge >= 0.3 is 0 Å². The number of thiophene rings is 1. The van der Waals surface area contributed by atoms with Crippen molar-refractivity contribution in [1.82, 2.24) is 5.32 Å². The van der Waals surface area contributed by atoms with Crippen molar-refractivity contribution in [3.05, 3.63) is 35.2 Å². The van der Waals surface area contributed by atoms with E-state index in [1.165, 1.54) is 10.1 Å². The fraction of sp³-hybridized carbons (Fsp3) is 0.286. The van der Waals surface area contributed by atoms with Gasteiger partial charge in [-0.05, 0) is 35.2 Å². The molecule has 3 rings (SSSR count). The van der Waals surface area contributed by atoms with Gasteiger partial charge in [-0.2, -0.15) is 5.26 Å². The third-order valence-corrected chi connectivity index (χ3v) is 4.41. The standard InChI is InChI=1S/C14H12N2OS/c15-9-14(5-6-14)13(17)16-7-10-8-18-12-4-2-1-3-11(10)12/h1-4,8H,5-7H2,(H,16,17). The van der Waals surface area contributed by atoms with Gasteiger partial charge in [0.1, 0.15) is 5.41 Å². The maximum absolute atomic E-state index is 11.9. The molecule has 18 heavy (non-hydrogen) atoms. The van der Waals surface area contributed by atoms with Crippen molar-refractivity contribution in [2.24, 2.45) is 5.41 Å². The fourth-order valence-electron chi connectivity index (χ4n) is 2.03.